The number of rotatable bonds is 4. The number of hydrogen-bond acceptors (Lipinski definition) is 3. The van der Waals surface area contributed by atoms with Crippen molar-refractivity contribution < 1.29 is 18.0 Å². The average Bonchev–Trinajstić information content (AvgIpc) is 3.54. The third kappa shape index (κ3) is 4.39. The molecule has 2 aromatic rings. The maximum atomic E-state index is 13.6. The molecule has 3 fully saturated rings. The molecule has 0 radical (unpaired) electrons. The molecule has 0 unspecified atom stereocenters. The van der Waals surface area contributed by atoms with Crippen molar-refractivity contribution >= 4 is 5.91 Å². The Morgan fingerprint density at radius 2 is 1.76 bits per heavy atom. The molecule has 2 N–H and O–H groups in total. The number of alkyl halides is 3. The molecule has 2 saturated carbocycles. The Labute approximate surface area is 217 Å². The highest BCUT2D eigenvalue weighted by atomic mass is 19.4. The predicted octanol–water partition coefficient (Wildman–Crippen LogP) is 6.17. The van der Waals surface area contributed by atoms with Crippen LogP contribution >= 0.6 is 0 Å². The maximum absolute atomic E-state index is 13.6. The Morgan fingerprint density at radius 1 is 1.08 bits per heavy atom. The number of benzene rings is 1. The van der Waals surface area contributed by atoms with Crippen LogP contribution in [0.4, 0.5) is 13.2 Å². The SMILES string of the molecule is CC(C)(C)n1ccc([C@@H]2C[C@@H](C(=O)N[C@H]3C[C@H]4CC[C@]3(C)C4(C)C)N[C@H]2c2ccc(C(F)(F)F)cc2)n1. The minimum Gasteiger partial charge on any atom is -0.351 e. The van der Waals surface area contributed by atoms with Gasteiger partial charge in [0.1, 0.15) is 0 Å². The van der Waals surface area contributed by atoms with Gasteiger partial charge in [-0.15, -0.1) is 0 Å². The molecule has 2 bridgehead atoms. The molecule has 1 saturated heterocycles. The topological polar surface area (TPSA) is 59.0 Å². The van der Waals surface area contributed by atoms with Gasteiger partial charge in [-0.1, -0.05) is 32.9 Å². The van der Waals surface area contributed by atoms with Crippen molar-refractivity contribution in [3.63, 3.8) is 0 Å². The zero-order valence-corrected chi connectivity index (χ0v) is 22.6. The van der Waals surface area contributed by atoms with Crippen molar-refractivity contribution in [2.45, 2.75) is 103 Å². The summed E-state index contributed by atoms with van der Waals surface area (Å²) in [4.78, 5) is 13.6. The third-order valence-electron chi connectivity index (χ3n) is 9.97. The maximum Gasteiger partial charge on any atom is 0.416 e. The molecule has 2 aliphatic carbocycles. The zero-order chi connectivity index (χ0) is 27.0. The second-order valence-electron chi connectivity index (χ2n) is 13.2. The van der Waals surface area contributed by atoms with Gasteiger partial charge in [0.2, 0.25) is 5.91 Å². The van der Waals surface area contributed by atoms with Crippen LogP contribution in [0.15, 0.2) is 36.5 Å². The molecule has 37 heavy (non-hydrogen) atoms. The minimum atomic E-state index is -4.39. The fourth-order valence-corrected chi connectivity index (χ4v) is 7.08. The number of fused-ring (bicyclic) bond motifs is 2. The summed E-state index contributed by atoms with van der Waals surface area (Å²) in [5.74, 6) is 0.459. The first-order valence-electron chi connectivity index (χ1n) is 13.4. The number of aromatic nitrogens is 2. The summed E-state index contributed by atoms with van der Waals surface area (Å²) in [5, 5.41) is 11.7. The third-order valence-corrected chi connectivity index (χ3v) is 9.97. The van der Waals surface area contributed by atoms with Gasteiger partial charge in [-0.25, -0.2) is 0 Å². The quantitative estimate of drug-likeness (QED) is 0.511. The van der Waals surface area contributed by atoms with Crippen molar-refractivity contribution in [2.75, 3.05) is 0 Å². The average molecular weight is 517 g/mol. The van der Waals surface area contributed by atoms with Gasteiger partial charge in [0.25, 0.3) is 0 Å². The van der Waals surface area contributed by atoms with Crippen LogP contribution in [0.5, 0.6) is 0 Å². The van der Waals surface area contributed by atoms with Crippen LogP contribution in [-0.2, 0) is 16.5 Å². The smallest absolute Gasteiger partial charge is 0.351 e. The van der Waals surface area contributed by atoms with Gasteiger partial charge >= 0.3 is 6.18 Å². The highest BCUT2D eigenvalue weighted by Crippen LogP contribution is 2.65. The van der Waals surface area contributed by atoms with E-state index in [2.05, 4.69) is 52.2 Å². The summed E-state index contributed by atoms with van der Waals surface area (Å²) >= 11 is 0. The van der Waals surface area contributed by atoms with Crippen LogP contribution in [0.1, 0.15) is 96.0 Å². The van der Waals surface area contributed by atoms with Crippen molar-refractivity contribution in [2.24, 2.45) is 16.7 Å². The fourth-order valence-electron chi connectivity index (χ4n) is 7.08. The van der Waals surface area contributed by atoms with E-state index in [-0.39, 0.29) is 40.3 Å². The molecule has 0 spiro atoms. The fraction of sp³-hybridized carbons (Fsp3) is 0.655. The second-order valence-corrected chi connectivity index (χ2v) is 13.2. The Balaban J connectivity index is 1.40. The molecular weight excluding hydrogens is 477 g/mol. The van der Waals surface area contributed by atoms with Crippen LogP contribution in [-0.4, -0.2) is 27.8 Å². The van der Waals surface area contributed by atoms with Gasteiger partial charge in [-0.2, -0.15) is 18.3 Å². The lowest BCUT2D eigenvalue weighted by atomic mass is 9.69. The first-order chi connectivity index (χ1) is 17.1. The first kappa shape index (κ1) is 26.3. The lowest BCUT2D eigenvalue weighted by molar-refractivity contribution is -0.137. The molecule has 3 aliphatic rings. The van der Waals surface area contributed by atoms with E-state index < -0.39 is 17.8 Å². The van der Waals surface area contributed by atoms with E-state index in [4.69, 9.17) is 5.10 Å². The van der Waals surface area contributed by atoms with Gasteiger partial charge in [0.15, 0.2) is 0 Å². The molecule has 6 atom stereocenters. The lowest BCUT2D eigenvalue weighted by Gasteiger charge is -2.39. The summed E-state index contributed by atoms with van der Waals surface area (Å²) in [6, 6.07) is 6.63. The summed E-state index contributed by atoms with van der Waals surface area (Å²) in [5.41, 5.74) is 0.962. The Morgan fingerprint density at radius 3 is 2.27 bits per heavy atom. The number of nitrogens with zero attached hydrogens (tertiary/aromatic N) is 2. The van der Waals surface area contributed by atoms with Crippen LogP contribution in [0.3, 0.4) is 0 Å². The van der Waals surface area contributed by atoms with Crippen molar-refractivity contribution in [1.82, 2.24) is 20.4 Å². The Kier molecular flexibility index (Phi) is 6.09. The van der Waals surface area contributed by atoms with Gasteiger partial charge in [-0.05, 0) is 87.0 Å². The summed E-state index contributed by atoms with van der Waals surface area (Å²) in [6.07, 6.45) is 1.42. The largest absolute Gasteiger partial charge is 0.416 e. The van der Waals surface area contributed by atoms with E-state index in [1.807, 2.05) is 16.9 Å². The number of carbonyl (C=O) groups is 1. The number of amides is 1. The highest BCUT2D eigenvalue weighted by molar-refractivity contribution is 5.83. The van der Waals surface area contributed by atoms with Gasteiger partial charge in [0, 0.05) is 24.2 Å². The van der Waals surface area contributed by atoms with E-state index in [0.717, 1.165) is 36.2 Å². The normalized spacial score (nSPS) is 33.2. The molecule has 2 heterocycles. The number of carbonyl (C=O) groups excluding carboxylic acids is 1. The molecule has 202 valence electrons. The molecule has 8 heteroatoms. The zero-order valence-electron chi connectivity index (χ0n) is 22.6. The summed E-state index contributed by atoms with van der Waals surface area (Å²) in [7, 11) is 0. The standard InChI is InChI=1S/C29H39F3N4O/c1-26(2,3)36-14-12-21(35-36)20-16-22(33-24(20)17-7-9-18(10-8-17)29(30,31)32)25(37)34-23-15-19-11-13-28(23,6)27(19,4)5/h7-10,12,14,19-20,22-24,33H,11,13,15-16H2,1-6H3,(H,34,37)/t19-,20+,22+,23+,24+,28+/m1/s1. The van der Waals surface area contributed by atoms with E-state index in [1.54, 1.807) is 0 Å². The van der Waals surface area contributed by atoms with E-state index >= 15 is 0 Å². The van der Waals surface area contributed by atoms with Crippen LogP contribution in [0.2, 0.25) is 0 Å². The van der Waals surface area contributed by atoms with Crippen LogP contribution in [0, 0.1) is 16.7 Å². The molecule has 1 aliphatic heterocycles. The molecule has 1 amide bonds. The predicted molar refractivity (Wildman–Crippen MR) is 137 cm³/mol. The van der Waals surface area contributed by atoms with Crippen molar-refractivity contribution in [3.8, 4) is 0 Å². The molecular formula is C29H39F3N4O. The first-order valence-corrected chi connectivity index (χ1v) is 13.4. The van der Waals surface area contributed by atoms with Gasteiger partial charge in [0.05, 0.1) is 22.8 Å². The van der Waals surface area contributed by atoms with E-state index in [0.29, 0.717) is 12.3 Å². The van der Waals surface area contributed by atoms with Gasteiger partial charge in [-0.3, -0.25) is 14.8 Å². The molecule has 5 nitrogen and oxygen atoms in total. The Bertz CT molecular complexity index is 1160. The monoisotopic (exact) mass is 516 g/mol. The molecule has 5 rings (SSSR count). The summed E-state index contributed by atoms with van der Waals surface area (Å²) < 4.78 is 41.4. The number of nitrogens with one attached hydrogen (secondary N) is 2. The Hall–Kier alpha value is -2.35. The number of hydrogen-bond donors (Lipinski definition) is 2. The highest BCUT2D eigenvalue weighted by Gasteiger charge is 2.61. The van der Waals surface area contributed by atoms with Crippen LogP contribution in [0.25, 0.3) is 0 Å². The van der Waals surface area contributed by atoms with Gasteiger partial charge < -0.3 is 5.32 Å². The minimum absolute atomic E-state index is 0.0239. The number of halogens is 3. The molecule has 1 aromatic heterocycles. The lowest BCUT2D eigenvalue weighted by Crippen LogP contribution is -2.51. The summed E-state index contributed by atoms with van der Waals surface area (Å²) in [6.45, 7) is 13.2. The van der Waals surface area contributed by atoms with E-state index in [9.17, 15) is 18.0 Å². The second kappa shape index (κ2) is 8.58. The van der Waals surface area contributed by atoms with Crippen molar-refractivity contribution in [3.05, 3.63) is 53.3 Å². The van der Waals surface area contributed by atoms with Crippen molar-refractivity contribution in [1.29, 1.82) is 0 Å². The van der Waals surface area contributed by atoms with Crippen LogP contribution < -0.4 is 10.6 Å². The van der Waals surface area contributed by atoms with E-state index in [1.165, 1.54) is 18.6 Å². The molecule has 1 aromatic carbocycles.